The Kier molecular flexibility index (Phi) is 3.79. The van der Waals surface area contributed by atoms with Crippen molar-refractivity contribution in [3.8, 4) is 5.75 Å². The molecule has 0 fully saturated rings. The summed E-state index contributed by atoms with van der Waals surface area (Å²) in [5.41, 5.74) is 2.12. The quantitative estimate of drug-likeness (QED) is 0.371. The summed E-state index contributed by atoms with van der Waals surface area (Å²) in [7, 11) is 0. The third-order valence-corrected chi connectivity index (χ3v) is 2.98. The van der Waals surface area contributed by atoms with E-state index in [2.05, 4.69) is 0 Å². The maximum absolute atomic E-state index is 11.9. The second-order valence-corrected chi connectivity index (χ2v) is 4.44. The number of nitro benzene ring substituents is 1. The second-order valence-electron chi connectivity index (χ2n) is 4.44. The van der Waals surface area contributed by atoms with Crippen LogP contribution in [0.1, 0.15) is 21.5 Å². The van der Waals surface area contributed by atoms with Gasteiger partial charge in [-0.25, -0.2) is 4.79 Å². The number of non-ortho nitro benzene ring substituents is 1. The predicted octanol–water partition coefficient (Wildman–Crippen LogP) is 3.43. The van der Waals surface area contributed by atoms with Gasteiger partial charge in [-0.1, -0.05) is 12.1 Å². The molecule has 0 heterocycles. The van der Waals surface area contributed by atoms with Crippen LogP contribution < -0.4 is 4.74 Å². The van der Waals surface area contributed by atoms with Gasteiger partial charge in [0.05, 0.1) is 10.5 Å². The molecule has 5 heteroatoms. The fourth-order valence-electron chi connectivity index (χ4n) is 1.69. The van der Waals surface area contributed by atoms with Crippen LogP contribution in [0.4, 0.5) is 5.69 Å². The van der Waals surface area contributed by atoms with E-state index in [1.165, 1.54) is 24.3 Å². The van der Waals surface area contributed by atoms with E-state index in [1.54, 1.807) is 12.1 Å². The van der Waals surface area contributed by atoms with E-state index >= 15 is 0 Å². The Balaban J connectivity index is 2.21. The lowest BCUT2D eigenvalue weighted by atomic mass is 10.1. The molecule has 0 aliphatic rings. The van der Waals surface area contributed by atoms with Gasteiger partial charge >= 0.3 is 5.97 Å². The average Bonchev–Trinajstić information content (AvgIpc) is 2.43. The zero-order valence-corrected chi connectivity index (χ0v) is 11.1. The molecule has 0 amide bonds. The topological polar surface area (TPSA) is 69.4 Å². The summed E-state index contributed by atoms with van der Waals surface area (Å²) in [5.74, 6) is -0.193. The number of nitro groups is 1. The number of hydrogen-bond donors (Lipinski definition) is 0. The number of ether oxygens (including phenoxy) is 1. The maximum atomic E-state index is 11.9. The van der Waals surface area contributed by atoms with Crippen molar-refractivity contribution < 1.29 is 14.5 Å². The van der Waals surface area contributed by atoms with Crippen molar-refractivity contribution in [2.75, 3.05) is 0 Å². The molecule has 5 nitrogen and oxygen atoms in total. The van der Waals surface area contributed by atoms with Crippen molar-refractivity contribution in [3.05, 3.63) is 69.3 Å². The van der Waals surface area contributed by atoms with E-state index in [1.807, 2.05) is 19.9 Å². The third kappa shape index (κ3) is 3.00. The van der Waals surface area contributed by atoms with E-state index in [4.69, 9.17) is 4.74 Å². The van der Waals surface area contributed by atoms with E-state index in [-0.39, 0.29) is 11.3 Å². The first-order chi connectivity index (χ1) is 9.47. The van der Waals surface area contributed by atoms with Gasteiger partial charge in [0.1, 0.15) is 5.75 Å². The van der Waals surface area contributed by atoms with Crippen LogP contribution in [0.2, 0.25) is 0 Å². The van der Waals surface area contributed by atoms with E-state index < -0.39 is 10.9 Å². The van der Waals surface area contributed by atoms with Crippen LogP contribution in [0.5, 0.6) is 5.75 Å². The number of esters is 1. The summed E-state index contributed by atoms with van der Waals surface area (Å²) in [4.78, 5) is 22.1. The number of rotatable bonds is 3. The van der Waals surface area contributed by atoms with Crippen molar-refractivity contribution in [1.82, 2.24) is 0 Å². The van der Waals surface area contributed by atoms with Gasteiger partial charge in [-0.3, -0.25) is 10.1 Å². The molecule has 0 atom stereocenters. The van der Waals surface area contributed by atoms with Crippen LogP contribution in [-0.2, 0) is 0 Å². The Bertz CT molecular complexity index is 679. The highest BCUT2D eigenvalue weighted by Crippen LogP contribution is 2.19. The normalized spacial score (nSPS) is 10.1. The van der Waals surface area contributed by atoms with Crippen molar-refractivity contribution in [2.24, 2.45) is 0 Å². The van der Waals surface area contributed by atoms with Gasteiger partial charge in [-0.05, 0) is 43.2 Å². The molecule has 0 N–H and O–H groups in total. The number of nitrogens with zero attached hydrogens (tertiary/aromatic N) is 1. The van der Waals surface area contributed by atoms with Crippen molar-refractivity contribution in [2.45, 2.75) is 13.8 Å². The summed E-state index contributed by atoms with van der Waals surface area (Å²) < 4.78 is 5.21. The standard InChI is InChI=1S/C15H13NO4/c1-10-6-7-14(8-11(10)2)20-15(17)12-4-3-5-13(9-12)16(18)19/h3-9H,1-2H3. The van der Waals surface area contributed by atoms with Gasteiger partial charge in [0.15, 0.2) is 0 Å². The van der Waals surface area contributed by atoms with E-state index in [0.717, 1.165) is 11.1 Å². The molecule has 20 heavy (non-hydrogen) atoms. The predicted molar refractivity (Wildman–Crippen MR) is 74.0 cm³/mol. The lowest BCUT2D eigenvalue weighted by molar-refractivity contribution is -0.384. The van der Waals surface area contributed by atoms with Crippen LogP contribution in [0, 0.1) is 24.0 Å². The van der Waals surface area contributed by atoms with Gasteiger partial charge in [-0.15, -0.1) is 0 Å². The van der Waals surface area contributed by atoms with Crippen LogP contribution in [0.15, 0.2) is 42.5 Å². The lowest BCUT2D eigenvalue weighted by Crippen LogP contribution is -2.09. The Morgan fingerprint density at radius 2 is 1.85 bits per heavy atom. The highest BCUT2D eigenvalue weighted by Gasteiger charge is 2.13. The third-order valence-electron chi connectivity index (χ3n) is 2.98. The first-order valence-corrected chi connectivity index (χ1v) is 6.01. The summed E-state index contributed by atoms with van der Waals surface area (Å²) in [6.45, 7) is 3.88. The van der Waals surface area contributed by atoms with Crippen LogP contribution in [-0.4, -0.2) is 10.9 Å². The molecule has 102 valence electrons. The molecule has 2 aromatic carbocycles. The van der Waals surface area contributed by atoms with Crippen LogP contribution in [0.3, 0.4) is 0 Å². The fraction of sp³-hybridized carbons (Fsp3) is 0.133. The molecule has 0 saturated heterocycles. The molecule has 0 spiro atoms. The van der Waals surface area contributed by atoms with Gasteiger partial charge in [-0.2, -0.15) is 0 Å². The zero-order chi connectivity index (χ0) is 14.7. The molecule has 0 aromatic heterocycles. The molecular formula is C15H13NO4. The monoisotopic (exact) mass is 271 g/mol. The van der Waals surface area contributed by atoms with E-state index in [0.29, 0.717) is 5.75 Å². The minimum Gasteiger partial charge on any atom is -0.423 e. The molecule has 0 aliphatic heterocycles. The maximum Gasteiger partial charge on any atom is 0.343 e. The van der Waals surface area contributed by atoms with Gasteiger partial charge in [0, 0.05) is 12.1 Å². The number of hydrogen-bond acceptors (Lipinski definition) is 4. The zero-order valence-electron chi connectivity index (χ0n) is 11.1. The summed E-state index contributed by atoms with van der Waals surface area (Å²) in [5, 5.41) is 10.7. The van der Waals surface area contributed by atoms with Crippen LogP contribution in [0.25, 0.3) is 0 Å². The molecule has 0 unspecified atom stereocenters. The summed E-state index contributed by atoms with van der Waals surface area (Å²) in [6, 6.07) is 10.8. The SMILES string of the molecule is Cc1ccc(OC(=O)c2cccc([N+](=O)[O-])c2)cc1C. The smallest absolute Gasteiger partial charge is 0.343 e. The molecule has 2 rings (SSSR count). The van der Waals surface area contributed by atoms with Crippen molar-refractivity contribution >= 4 is 11.7 Å². The molecule has 2 aromatic rings. The second kappa shape index (κ2) is 5.52. The summed E-state index contributed by atoms with van der Waals surface area (Å²) >= 11 is 0. The largest absolute Gasteiger partial charge is 0.423 e. The Labute approximate surface area is 116 Å². The Hall–Kier alpha value is -2.69. The molecule has 0 radical (unpaired) electrons. The van der Waals surface area contributed by atoms with Gasteiger partial charge in [0.2, 0.25) is 0 Å². The minimum atomic E-state index is -0.614. The van der Waals surface area contributed by atoms with Crippen LogP contribution >= 0.6 is 0 Å². The first kappa shape index (κ1) is 13.7. The highest BCUT2D eigenvalue weighted by atomic mass is 16.6. The Morgan fingerprint density at radius 3 is 2.50 bits per heavy atom. The highest BCUT2D eigenvalue weighted by molar-refractivity contribution is 5.91. The van der Waals surface area contributed by atoms with Crippen molar-refractivity contribution in [1.29, 1.82) is 0 Å². The molecular weight excluding hydrogens is 258 g/mol. The lowest BCUT2D eigenvalue weighted by Gasteiger charge is -2.06. The molecule has 0 bridgehead atoms. The number of carbonyl (C=O) groups is 1. The number of carbonyl (C=O) groups excluding carboxylic acids is 1. The number of benzene rings is 2. The van der Waals surface area contributed by atoms with Crippen molar-refractivity contribution in [3.63, 3.8) is 0 Å². The summed E-state index contributed by atoms with van der Waals surface area (Å²) in [6.07, 6.45) is 0. The molecule has 0 aliphatic carbocycles. The average molecular weight is 271 g/mol. The van der Waals surface area contributed by atoms with E-state index in [9.17, 15) is 14.9 Å². The minimum absolute atomic E-state index is 0.139. The number of aryl methyl sites for hydroxylation is 2. The van der Waals surface area contributed by atoms with Gasteiger partial charge in [0.25, 0.3) is 5.69 Å². The Morgan fingerprint density at radius 1 is 1.10 bits per heavy atom. The van der Waals surface area contributed by atoms with Gasteiger partial charge < -0.3 is 4.74 Å². The first-order valence-electron chi connectivity index (χ1n) is 6.01. The fourth-order valence-corrected chi connectivity index (χ4v) is 1.69. The molecule has 0 saturated carbocycles.